The van der Waals surface area contributed by atoms with Crippen LogP contribution in [-0.4, -0.2) is 38.7 Å². The van der Waals surface area contributed by atoms with E-state index in [0.717, 1.165) is 0 Å². The van der Waals surface area contributed by atoms with Crippen LogP contribution in [0.1, 0.15) is 17.3 Å². The van der Waals surface area contributed by atoms with E-state index in [2.05, 4.69) is 32.0 Å². The molecule has 1 aromatic rings. The topological polar surface area (TPSA) is 88.1 Å². The van der Waals surface area contributed by atoms with E-state index >= 15 is 0 Å². The van der Waals surface area contributed by atoms with Gasteiger partial charge in [0, 0.05) is 5.57 Å². The first kappa shape index (κ1) is 19.7. The summed E-state index contributed by atoms with van der Waals surface area (Å²) >= 11 is 3.15. The number of halogens is 1. The second-order valence-corrected chi connectivity index (χ2v) is 5.54. The first-order valence-electron chi connectivity index (χ1n) is 6.73. The maximum Gasteiger partial charge on any atom is 0.351 e. The van der Waals surface area contributed by atoms with Crippen molar-refractivity contribution in [2.45, 2.75) is 11.8 Å². The summed E-state index contributed by atoms with van der Waals surface area (Å²) in [5, 5.41) is 0. The van der Waals surface area contributed by atoms with Gasteiger partial charge in [-0.25, -0.2) is 14.4 Å². The molecule has 0 saturated heterocycles. The van der Waals surface area contributed by atoms with Crippen molar-refractivity contribution in [3.63, 3.8) is 0 Å². The van der Waals surface area contributed by atoms with Crippen molar-refractivity contribution in [1.29, 1.82) is 0 Å². The Balaban J connectivity index is 2.69. The van der Waals surface area contributed by atoms with Gasteiger partial charge in [-0.2, -0.15) is 0 Å². The van der Waals surface area contributed by atoms with Gasteiger partial charge in [0.2, 0.25) is 0 Å². The fourth-order valence-corrected chi connectivity index (χ4v) is 1.97. The number of esters is 3. The molecule has 7 nitrogen and oxygen atoms in total. The second kappa shape index (κ2) is 9.07. The van der Waals surface area contributed by atoms with Crippen molar-refractivity contribution in [3.8, 4) is 11.5 Å². The third kappa shape index (κ3) is 5.38. The Morgan fingerprint density at radius 3 is 2.33 bits per heavy atom. The van der Waals surface area contributed by atoms with Crippen LogP contribution in [0, 0.1) is 0 Å². The molecular weight excluding hydrogens is 384 g/mol. The molecule has 0 spiro atoms. The lowest BCUT2D eigenvalue weighted by atomic mass is 10.1. The van der Waals surface area contributed by atoms with Crippen LogP contribution in [0.25, 0.3) is 0 Å². The summed E-state index contributed by atoms with van der Waals surface area (Å²) in [6.07, 6.45) is 0. The van der Waals surface area contributed by atoms with Crippen molar-refractivity contribution >= 4 is 33.8 Å². The van der Waals surface area contributed by atoms with Crippen LogP contribution in [0.5, 0.6) is 11.5 Å². The fourth-order valence-electron chi connectivity index (χ4n) is 1.59. The van der Waals surface area contributed by atoms with Crippen molar-refractivity contribution in [3.05, 3.63) is 35.9 Å². The number of carbonyl (C=O) groups excluding carboxylic acids is 3. The summed E-state index contributed by atoms with van der Waals surface area (Å²) in [6.45, 7) is 4.13. The Kier molecular flexibility index (Phi) is 7.44. The van der Waals surface area contributed by atoms with Crippen LogP contribution in [-0.2, 0) is 23.9 Å². The van der Waals surface area contributed by atoms with Gasteiger partial charge >= 0.3 is 17.9 Å². The lowest BCUT2D eigenvalue weighted by Crippen LogP contribution is -2.22. The minimum Gasteiger partial charge on any atom is -0.493 e. The number of benzene rings is 1. The number of alkyl halides is 1. The molecule has 0 aliphatic heterocycles. The van der Waals surface area contributed by atoms with Crippen LogP contribution in [0.2, 0.25) is 0 Å². The highest BCUT2D eigenvalue weighted by Gasteiger charge is 2.23. The standard InChI is InChI=1S/C16H17BrO7/c1-9(2)15(19)23-8-13(18)24-16(20)14(17)10-5-6-11(21-3)12(7-10)22-4/h5-7,14H,1,8H2,2-4H3. The van der Waals surface area contributed by atoms with Gasteiger partial charge in [-0.05, 0) is 24.6 Å². The Labute approximate surface area is 147 Å². The third-order valence-electron chi connectivity index (χ3n) is 2.79. The summed E-state index contributed by atoms with van der Waals surface area (Å²) in [7, 11) is 2.95. The average molecular weight is 401 g/mol. The zero-order valence-corrected chi connectivity index (χ0v) is 15.0. The van der Waals surface area contributed by atoms with Gasteiger partial charge in [-0.1, -0.05) is 28.6 Å². The molecule has 1 rings (SSSR count). The zero-order valence-electron chi connectivity index (χ0n) is 13.5. The molecule has 0 bridgehead atoms. The maximum absolute atomic E-state index is 12.0. The van der Waals surface area contributed by atoms with Gasteiger partial charge in [0.25, 0.3) is 0 Å². The van der Waals surface area contributed by atoms with Crippen molar-refractivity contribution in [2.75, 3.05) is 20.8 Å². The lowest BCUT2D eigenvalue weighted by Gasteiger charge is -2.13. The second-order valence-electron chi connectivity index (χ2n) is 4.63. The van der Waals surface area contributed by atoms with Gasteiger partial charge in [0.1, 0.15) is 4.83 Å². The van der Waals surface area contributed by atoms with E-state index < -0.39 is 29.3 Å². The highest BCUT2D eigenvalue weighted by atomic mass is 79.9. The first-order valence-corrected chi connectivity index (χ1v) is 7.64. The van der Waals surface area contributed by atoms with Crippen LogP contribution in [0.15, 0.2) is 30.4 Å². The molecule has 130 valence electrons. The van der Waals surface area contributed by atoms with E-state index in [4.69, 9.17) is 9.47 Å². The monoisotopic (exact) mass is 400 g/mol. The predicted molar refractivity (Wildman–Crippen MR) is 88.1 cm³/mol. The van der Waals surface area contributed by atoms with E-state index in [1.165, 1.54) is 21.1 Å². The zero-order chi connectivity index (χ0) is 18.3. The Hall–Kier alpha value is -2.35. The molecular formula is C16H17BrO7. The Bertz CT molecular complexity index is 654. The number of ether oxygens (including phenoxy) is 4. The van der Waals surface area contributed by atoms with Gasteiger partial charge in [-0.3, -0.25) is 0 Å². The molecule has 0 radical (unpaired) electrons. The van der Waals surface area contributed by atoms with Crippen LogP contribution in [0.4, 0.5) is 0 Å². The normalized spacial score (nSPS) is 11.2. The molecule has 1 aromatic carbocycles. The minimum absolute atomic E-state index is 0.137. The van der Waals surface area contributed by atoms with Crippen LogP contribution in [0.3, 0.4) is 0 Å². The number of methoxy groups -OCH3 is 2. The minimum atomic E-state index is -0.987. The van der Waals surface area contributed by atoms with Crippen molar-refractivity contribution in [1.82, 2.24) is 0 Å². The summed E-state index contributed by atoms with van der Waals surface area (Å²) in [4.78, 5) is 33.8. The SMILES string of the molecule is C=C(C)C(=O)OCC(=O)OC(=O)C(Br)c1ccc(OC)c(OC)c1. The number of rotatable bonds is 7. The maximum atomic E-state index is 12.0. The number of carbonyl (C=O) groups is 3. The highest BCUT2D eigenvalue weighted by molar-refractivity contribution is 9.09. The van der Waals surface area contributed by atoms with E-state index in [9.17, 15) is 14.4 Å². The smallest absolute Gasteiger partial charge is 0.351 e. The lowest BCUT2D eigenvalue weighted by molar-refractivity contribution is -0.165. The van der Waals surface area contributed by atoms with Crippen molar-refractivity contribution in [2.24, 2.45) is 0 Å². The molecule has 0 aliphatic rings. The van der Waals surface area contributed by atoms with Crippen molar-refractivity contribution < 1.29 is 33.3 Å². The first-order chi connectivity index (χ1) is 11.3. The molecule has 1 unspecified atom stereocenters. The molecule has 0 aromatic heterocycles. The Morgan fingerprint density at radius 1 is 1.17 bits per heavy atom. The van der Waals surface area contributed by atoms with Gasteiger partial charge in [0.15, 0.2) is 18.1 Å². The number of hydrogen-bond donors (Lipinski definition) is 0. The largest absolute Gasteiger partial charge is 0.493 e. The quantitative estimate of drug-likeness (QED) is 0.300. The summed E-state index contributed by atoms with van der Waals surface area (Å²) < 4.78 is 19.5. The molecule has 0 amide bonds. The molecule has 0 saturated carbocycles. The van der Waals surface area contributed by atoms with Crippen LogP contribution < -0.4 is 9.47 Å². The third-order valence-corrected chi connectivity index (χ3v) is 3.69. The van der Waals surface area contributed by atoms with Crippen LogP contribution >= 0.6 is 15.9 Å². The summed E-state index contributed by atoms with van der Waals surface area (Å²) in [5.74, 6) is -1.65. The predicted octanol–water partition coefficient (Wildman–Crippen LogP) is 2.33. The van der Waals surface area contributed by atoms with Gasteiger partial charge < -0.3 is 18.9 Å². The Morgan fingerprint density at radius 2 is 1.79 bits per heavy atom. The fraction of sp³-hybridized carbons (Fsp3) is 0.312. The molecule has 24 heavy (non-hydrogen) atoms. The van der Waals surface area contributed by atoms with E-state index in [-0.39, 0.29) is 5.57 Å². The molecule has 0 heterocycles. The van der Waals surface area contributed by atoms with E-state index in [0.29, 0.717) is 17.1 Å². The van der Waals surface area contributed by atoms with E-state index in [1.54, 1.807) is 18.2 Å². The average Bonchev–Trinajstić information content (AvgIpc) is 2.57. The molecule has 8 heteroatoms. The highest BCUT2D eigenvalue weighted by Crippen LogP contribution is 2.33. The van der Waals surface area contributed by atoms with E-state index in [1.807, 2.05) is 0 Å². The number of hydrogen-bond acceptors (Lipinski definition) is 7. The summed E-state index contributed by atoms with van der Waals surface area (Å²) in [5.41, 5.74) is 0.641. The summed E-state index contributed by atoms with van der Waals surface area (Å²) in [6, 6.07) is 4.81. The van der Waals surface area contributed by atoms with Gasteiger partial charge in [-0.15, -0.1) is 0 Å². The molecule has 0 N–H and O–H groups in total. The molecule has 1 atom stereocenters. The molecule has 0 fully saturated rings. The van der Waals surface area contributed by atoms with Gasteiger partial charge in [0.05, 0.1) is 14.2 Å². The molecule has 0 aliphatic carbocycles.